The van der Waals surface area contributed by atoms with Crippen molar-refractivity contribution < 1.29 is 14.2 Å². The Morgan fingerprint density at radius 1 is 1.28 bits per heavy atom. The minimum Gasteiger partial charge on any atom is -0.493 e. The first kappa shape index (κ1) is 13.0. The molecule has 18 heavy (non-hydrogen) atoms. The normalized spacial score (nSPS) is 13.8. The lowest BCUT2D eigenvalue weighted by atomic mass is 10.1. The van der Waals surface area contributed by atoms with Crippen LogP contribution in [0.4, 0.5) is 0 Å². The third kappa shape index (κ3) is 3.07. The number of methoxy groups -OCH3 is 1. The number of hydrogen-bond donors (Lipinski definition) is 1. The van der Waals surface area contributed by atoms with E-state index in [1.54, 1.807) is 7.11 Å². The van der Waals surface area contributed by atoms with Crippen molar-refractivity contribution in [3.8, 4) is 17.2 Å². The van der Waals surface area contributed by atoms with E-state index >= 15 is 0 Å². The predicted octanol–water partition coefficient (Wildman–Crippen LogP) is 2.35. The topological polar surface area (TPSA) is 39.7 Å². The van der Waals surface area contributed by atoms with Gasteiger partial charge < -0.3 is 19.5 Å². The summed E-state index contributed by atoms with van der Waals surface area (Å²) in [4.78, 5) is 0. The van der Waals surface area contributed by atoms with E-state index in [1.807, 2.05) is 12.1 Å². The molecule has 1 aromatic carbocycles. The molecule has 1 N–H and O–H groups in total. The van der Waals surface area contributed by atoms with Crippen molar-refractivity contribution in [2.75, 3.05) is 20.4 Å². The van der Waals surface area contributed by atoms with Crippen molar-refractivity contribution >= 4 is 0 Å². The van der Waals surface area contributed by atoms with Crippen molar-refractivity contribution in [1.29, 1.82) is 0 Å². The van der Waals surface area contributed by atoms with Crippen molar-refractivity contribution in [2.45, 2.75) is 32.7 Å². The highest BCUT2D eigenvalue weighted by Gasteiger charge is 2.20. The first-order chi connectivity index (χ1) is 8.49. The Bertz CT molecular complexity index is 424. The molecule has 4 nitrogen and oxygen atoms in total. The van der Waals surface area contributed by atoms with Gasteiger partial charge in [-0.2, -0.15) is 0 Å². The molecule has 1 heterocycles. The van der Waals surface area contributed by atoms with Crippen LogP contribution in [0.1, 0.15) is 26.3 Å². The second-order valence-electron chi connectivity index (χ2n) is 5.46. The lowest BCUT2D eigenvalue weighted by Crippen LogP contribution is -2.37. The molecule has 0 aliphatic carbocycles. The van der Waals surface area contributed by atoms with E-state index in [0.717, 1.165) is 24.5 Å². The number of benzene rings is 1. The Hall–Kier alpha value is -1.42. The molecule has 0 fully saturated rings. The summed E-state index contributed by atoms with van der Waals surface area (Å²) in [6, 6.07) is 4.03. The standard InChI is InChI=1S/C14H21NO3/c1-14(2,3)15-6-5-10-7-11(16-4)13-12(8-10)17-9-18-13/h7-8,15H,5-6,9H2,1-4H3. The zero-order valence-electron chi connectivity index (χ0n) is 11.5. The largest absolute Gasteiger partial charge is 0.493 e. The SMILES string of the molecule is COc1cc(CCNC(C)(C)C)cc2c1OCO2. The van der Waals surface area contributed by atoms with Gasteiger partial charge in [-0.15, -0.1) is 0 Å². The van der Waals surface area contributed by atoms with Gasteiger partial charge in [-0.05, 0) is 51.4 Å². The maximum atomic E-state index is 5.41. The van der Waals surface area contributed by atoms with E-state index in [0.29, 0.717) is 5.75 Å². The average Bonchev–Trinajstić information content (AvgIpc) is 2.74. The maximum Gasteiger partial charge on any atom is 0.231 e. The molecule has 4 heteroatoms. The number of ether oxygens (including phenoxy) is 3. The Morgan fingerprint density at radius 3 is 2.72 bits per heavy atom. The molecular weight excluding hydrogens is 230 g/mol. The number of hydrogen-bond acceptors (Lipinski definition) is 4. The van der Waals surface area contributed by atoms with E-state index in [9.17, 15) is 0 Å². The highest BCUT2D eigenvalue weighted by Crippen LogP contribution is 2.41. The van der Waals surface area contributed by atoms with Gasteiger partial charge in [0.25, 0.3) is 0 Å². The van der Waals surface area contributed by atoms with Gasteiger partial charge in [-0.3, -0.25) is 0 Å². The second-order valence-corrected chi connectivity index (χ2v) is 5.46. The summed E-state index contributed by atoms with van der Waals surface area (Å²) in [5, 5.41) is 3.46. The summed E-state index contributed by atoms with van der Waals surface area (Å²) in [6.07, 6.45) is 0.935. The molecule has 1 aliphatic heterocycles. The van der Waals surface area contributed by atoms with Crippen LogP contribution in [-0.2, 0) is 6.42 Å². The molecule has 0 radical (unpaired) electrons. The van der Waals surface area contributed by atoms with E-state index in [4.69, 9.17) is 14.2 Å². The van der Waals surface area contributed by atoms with Gasteiger partial charge in [0.15, 0.2) is 11.5 Å². The fourth-order valence-corrected chi connectivity index (χ4v) is 1.91. The van der Waals surface area contributed by atoms with Gasteiger partial charge in [-0.25, -0.2) is 0 Å². The first-order valence-electron chi connectivity index (χ1n) is 6.21. The third-order valence-corrected chi connectivity index (χ3v) is 2.79. The molecule has 1 aliphatic rings. The fraction of sp³-hybridized carbons (Fsp3) is 0.571. The zero-order valence-corrected chi connectivity index (χ0v) is 11.5. The van der Waals surface area contributed by atoms with Crippen LogP contribution >= 0.6 is 0 Å². The van der Waals surface area contributed by atoms with Crippen molar-refractivity contribution in [1.82, 2.24) is 5.32 Å². The predicted molar refractivity (Wildman–Crippen MR) is 70.6 cm³/mol. The number of nitrogens with one attached hydrogen (secondary N) is 1. The summed E-state index contributed by atoms with van der Waals surface area (Å²) < 4.78 is 16.1. The molecule has 1 aromatic rings. The Morgan fingerprint density at radius 2 is 2.06 bits per heavy atom. The number of fused-ring (bicyclic) bond motifs is 1. The molecule has 0 bridgehead atoms. The van der Waals surface area contributed by atoms with Crippen LogP contribution in [0.2, 0.25) is 0 Å². The third-order valence-electron chi connectivity index (χ3n) is 2.79. The molecule has 0 aromatic heterocycles. The molecule has 0 saturated carbocycles. The summed E-state index contributed by atoms with van der Waals surface area (Å²) in [7, 11) is 1.65. The summed E-state index contributed by atoms with van der Waals surface area (Å²) in [5.41, 5.74) is 1.33. The van der Waals surface area contributed by atoms with Crippen molar-refractivity contribution in [2.24, 2.45) is 0 Å². The van der Waals surface area contributed by atoms with E-state index in [-0.39, 0.29) is 12.3 Å². The molecule has 2 rings (SSSR count). The molecule has 0 atom stereocenters. The Balaban J connectivity index is 2.05. The van der Waals surface area contributed by atoms with Gasteiger partial charge in [0.05, 0.1) is 7.11 Å². The van der Waals surface area contributed by atoms with E-state index < -0.39 is 0 Å². The molecular formula is C14H21NO3. The Kier molecular flexibility index (Phi) is 3.66. The maximum absolute atomic E-state index is 5.41. The van der Waals surface area contributed by atoms with Crippen LogP contribution < -0.4 is 19.5 Å². The van der Waals surface area contributed by atoms with E-state index in [2.05, 4.69) is 26.1 Å². The van der Waals surface area contributed by atoms with E-state index in [1.165, 1.54) is 5.56 Å². The summed E-state index contributed by atoms with van der Waals surface area (Å²) in [6.45, 7) is 7.68. The first-order valence-corrected chi connectivity index (χ1v) is 6.21. The highest BCUT2D eigenvalue weighted by atomic mass is 16.7. The van der Waals surface area contributed by atoms with Crippen molar-refractivity contribution in [3.63, 3.8) is 0 Å². The Labute approximate surface area is 108 Å². The van der Waals surface area contributed by atoms with Gasteiger partial charge >= 0.3 is 0 Å². The van der Waals surface area contributed by atoms with Crippen LogP contribution in [0.15, 0.2) is 12.1 Å². The zero-order chi connectivity index (χ0) is 13.2. The monoisotopic (exact) mass is 251 g/mol. The minimum atomic E-state index is 0.139. The van der Waals surface area contributed by atoms with Crippen LogP contribution in [0.5, 0.6) is 17.2 Å². The second kappa shape index (κ2) is 5.06. The summed E-state index contributed by atoms with van der Waals surface area (Å²) >= 11 is 0. The number of rotatable bonds is 4. The quantitative estimate of drug-likeness (QED) is 0.891. The van der Waals surface area contributed by atoms with Crippen LogP contribution in [0.25, 0.3) is 0 Å². The molecule has 100 valence electrons. The van der Waals surface area contributed by atoms with Gasteiger partial charge in [-0.1, -0.05) is 0 Å². The smallest absolute Gasteiger partial charge is 0.231 e. The lowest BCUT2D eigenvalue weighted by Gasteiger charge is -2.20. The van der Waals surface area contributed by atoms with Crippen molar-refractivity contribution in [3.05, 3.63) is 17.7 Å². The highest BCUT2D eigenvalue weighted by molar-refractivity contribution is 5.55. The van der Waals surface area contributed by atoms with Crippen LogP contribution in [-0.4, -0.2) is 26.0 Å². The molecule has 0 saturated heterocycles. The van der Waals surface area contributed by atoms with Gasteiger partial charge in [0, 0.05) is 5.54 Å². The molecule has 0 amide bonds. The fourth-order valence-electron chi connectivity index (χ4n) is 1.91. The van der Waals surface area contributed by atoms with Crippen LogP contribution in [0, 0.1) is 0 Å². The minimum absolute atomic E-state index is 0.139. The average molecular weight is 251 g/mol. The van der Waals surface area contributed by atoms with Gasteiger partial charge in [0.2, 0.25) is 12.5 Å². The summed E-state index contributed by atoms with van der Waals surface area (Å²) in [5.74, 6) is 2.24. The molecule has 0 spiro atoms. The van der Waals surface area contributed by atoms with Crippen LogP contribution in [0.3, 0.4) is 0 Å². The van der Waals surface area contributed by atoms with Gasteiger partial charge in [0.1, 0.15) is 0 Å². The molecule has 0 unspecified atom stereocenters. The lowest BCUT2D eigenvalue weighted by molar-refractivity contribution is 0.171.